The molecule has 1 atom stereocenters. The molecule has 0 heterocycles. The maximum absolute atomic E-state index is 14.7. The summed E-state index contributed by atoms with van der Waals surface area (Å²) in [4.78, 5) is 30.4. The third-order valence-electron chi connectivity index (χ3n) is 8.52. The Hall–Kier alpha value is -3.66. The summed E-state index contributed by atoms with van der Waals surface area (Å²) in [5, 5.41) is 3.61. The maximum Gasteiger partial charge on any atom is 0.264 e. The molecule has 1 saturated carbocycles. The Balaban J connectivity index is 1.57. The van der Waals surface area contributed by atoms with Crippen LogP contribution in [0.4, 0.5) is 5.69 Å². The highest BCUT2D eigenvalue weighted by atomic mass is 79.9. The van der Waals surface area contributed by atoms with Crippen molar-refractivity contribution in [2.24, 2.45) is 0 Å². The standard InChI is InChI=1S/C37H39BrClN3O4S/c1-27-20-21-32(24-34(27)39)42(47(45,46)33-18-9-4-10-19-33)26-36(43)41(25-29-14-11-15-30(38)22-29)35(23-28-12-5-2-6-13-28)37(44)40-31-16-7-3-8-17-31/h2,4-6,9-15,18-22,24,31,35H,3,7-8,16-17,23,25-26H2,1H3,(H,40,44)/t35-/m1/s1. The third-order valence-corrected chi connectivity index (χ3v) is 11.2. The molecule has 1 fully saturated rings. The summed E-state index contributed by atoms with van der Waals surface area (Å²) in [5.74, 6) is -0.763. The molecule has 0 radical (unpaired) electrons. The van der Waals surface area contributed by atoms with E-state index in [4.69, 9.17) is 11.6 Å². The van der Waals surface area contributed by atoms with E-state index in [9.17, 15) is 18.0 Å². The summed E-state index contributed by atoms with van der Waals surface area (Å²) < 4.78 is 30.3. The van der Waals surface area contributed by atoms with E-state index in [1.807, 2.05) is 61.5 Å². The number of benzene rings is 4. The minimum atomic E-state index is -4.20. The van der Waals surface area contributed by atoms with Crippen molar-refractivity contribution in [2.45, 2.75) is 69.0 Å². The fraction of sp³-hybridized carbons (Fsp3) is 0.297. The molecule has 4 aromatic rings. The van der Waals surface area contributed by atoms with Crippen molar-refractivity contribution in [3.63, 3.8) is 0 Å². The van der Waals surface area contributed by atoms with E-state index in [2.05, 4.69) is 21.2 Å². The summed E-state index contributed by atoms with van der Waals surface area (Å²) in [6.07, 6.45) is 5.27. The van der Waals surface area contributed by atoms with Gasteiger partial charge in [-0.2, -0.15) is 0 Å². The molecule has 0 unspecified atom stereocenters. The van der Waals surface area contributed by atoms with Crippen molar-refractivity contribution in [1.82, 2.24) is 10.2 Å². The van der Waals surface area contributed by atoms with E-state index in [1.54, 1.807) is 36.4 Å². The fourth-order valence-electron chi connectivity index (χ4n) is 5.92. The van der Waals surface area contributed by atoms with Gasteiger partial charge in [0.1, 0.15) is 12.6 Å². The molecule has 0 bridgehead atoms. The molecule has 1 N–H and O–H groups in total. The lowest BCUT2D eigenvalue weighted by atomic mass is 9.94. The Bertz CT molecular complexity index is 1780. The van der Waals surface area contributed by atoms with Crippen LogP contribution in [0.5, 0.6) is 0 Å². The molecule has 2 amide bonds. The van der Waals surface area contributed by atoms with Crippen LogP contribution in [0, 0.1) is 6.92 Å². The van der Waals surface area contributed by atoms with Gasteiger partial charge < -0.3 is 10.2 Å². The van der Waals surface area contributed by atoms with Gasteiger partial charge in [-0.1, -0.05) is 114 Å². The van der Waals surface area contributed by atoms with Crippen LogP contribution >= 0.6 is 27.5 Å². The van der Waals surface area contributed by atoms with E-state index in [1.165, 1.54) is 17.0 Å². The van der Waals surface area contributed by atoms with E-state index in [0.717, 1.165) is 57.6 Å². The van der Waals surface area contributed by atoms with E-state index in [0.29, 0.717) is 5.02 Å². The number of nitrogens with one attached hydrogen (secondary N) is 1. The monoisotopic (exact) mass is 735 g/mol. The van der Waals surface area contributed by atoms with Crippen LogP contribution in [0.25, 0.3) is 0 Å². The number of nitrogens with zero attached hydrogens (tertiary/aromatic N) is 2. The molecule has 0 aromatic heterocycles. The van der Waals surface area contributed by atoms with Crippen molar-refractivity contribution >= 4 is 55.1 Å². The SMILES string of the molecule is Cc1ccc(N(CC(=O)N(Cc2cccc(Br)c2)[C@H](Cc2ccccc2)C(=O)NC2CCCCC2)S(=O)(=O)c2ccccc2)cc1Cl. The van der Waals surface area contributed by atoms with Crippen LogP contribution in [0.1, 0.15) is 48.8 Å². The zero-order valence-corrected chi connectivity index (χ0v) is 29.5. The van der Waals surface area contributed by atoms with Gasteiger partial charge >= 0.3 is 0 Å². The second kappa shape index (κ2) is 16.0. The molecule has 10 heteroatoms. The smallest absolute Gasteiger partial charge is 0.264 e. The molecular formula is C37H39BrClN3O4S. The van der Waals surface area contributed by atoms with Gasteiger partial charge in [-0.15, -0.1) is 0 Å². The number of hydrogen-bond donors (Lipinski definition) is 1. The van der Waals surface area contributed by atoms with E-state index in [-0.39, 0.29) is 35.5 Å². The molecule has 246 valence electrons. The minimum absolute atomic E-state index is 0.0296. The molecule has 0 spiro atoms. The van der Waals surface area contributed by atoms with Crippen LogP contribution in [-0.2, 0) is 32.6 Å². The number of rotatable bonds is 12. The van der Waals surface area contributed by atoms with Crippen LogP contribution in [0.3, 0.4) is 0 Å². The first-order valence-corrected chi connectivity index (χ1v) is 18.4. The second-order valence-electron chi connectivity index (χ2n) is 12.0. The fourth-order valence-corrected chi connectivity index (χ4v) is 7.96. The van der Waals surface area contributed by atoms with Crippen molar-refractivity contribution in [3.8, 4) is 0 Å². The van der Waals surface area contributed by atoms with Crippen LogP contribution in [0.2, 0.25) is 5.02 Å². The van der Waals surface area contributed by atoms with Gasteiger partial charge in [-0.05, 0) is 72.9 Å². The number of halogens is 2. The highest BCUT2D eigenvalue weighted by molar-refractivity contribution is 9.10. The van der Waals surface area contributed by atoms with Crippen molar-refractivity contribution in [2.75, 3.05) is 10.8 Å². The third kappa shape index (κ3) is 9.03. The average molecular weight is 737 g/mol. The number of anilines is 1. The molecule has 1 aliphatic rings. The predicted octanol–water partition coefficient (Wildman–Crippen LogP) is 7.70. The van der Waals surface area contributed by atoms with Crippen molar-refractivity contribution in [3.05, 3.63) is 129 Å². The molecule has 0 aliphatic heterocycles. The van der Waals surface area contributed by atoms with E-state index >= 15 is 0 Å². The number of amides is 2. The summed E-state index contributed by atoms with van der Waals surface area (Å²) >= 11 is 10.0. The van der Waals surface area contributed by atoms with Crippen LogP contribution < -0.4 is 9.62 Å². The Morgan fingerprint density at radius 1 is 0.872 bits per heavy atom. The topological polar surface area (TPSA) is 86.8 Å². The summed E-state index contributed by atoms with van der Waals surface area (Å²) in [5.41, 5.74) is 2.72. The first-order chi connectivity index (χ1) is 22.6. The lowest BCUT2D eigenvalue weighted by Gasteiger charge is -2.35. The van der Waals surface area contributed by atoms with Gasteiger partial charge in [-0.3, -0.25) is 13.9 Å². The molecule has 47 heavy (non-hydrogen) atoms. The van der Waals surface area contributed by atoms with Crippen LogP contribution in [-0.4, -0.2) is 43.8 Å². The summed E-state index contributed by atoms with van der Waals surface area (Å²) in [7, 11) is -4.20. The van der Waals surface area contributed by atoms with Crippen LogP contribution in [0.15, 0.2) is 112 Å². The molecule has 1 aliphatic carbocycles. The molecule has 5 rings (SSSR count). The summed E-state index contributed by atoms with van der Waals surface area (Å²) in [6, 6.07) is 29.2. The first kappa shape index (κ1) is 34.7. The zero-order chi connectivity index (χ0) is 33.4. The van der Waals surface area contributed by atoms with E-state index < -0.39 is 28.5 Å². The predicted molar refractivity (Wildman–Crippen MR) is 191 cm³/mol. The quantitative estimate of drug-likeness (QED) is 0.162. The molecule has 0 saturated heterocycles. The maximum atomic E-state index is 14.7. The largest absolute Gasteiger partial charge is 0.352 e. The van der Waals surface area contributed by atoms with Gasteiger partial charge in [0.25, 0.3) is 10.0 Å². The lowest BCUT2D eigenvalue weighted by molar-refractivity contribution is -0.140. The Morgan fingerprint density at radius 3 is 2.19 bits per heavy atom. The average Bonchev–Trinajstić information content (AvgIpc) is 3.07. The summed E-state index contributed by atoms with van der Waals surface area (Å²) in [6.45, 7) is 1.39. The van der Waals surface area contributed by atoms with Gasteiger partial charge in [0, 0.05) is 28.5 Å². The lowest BCUT2D eigenvalue weighted by Crippen LogP contribution is -2.55. The number of sulfonamides is 1. The normalized spacial score (nSPS) is 14.3. The van der Waals surface area contributed by atoms with Crippen molar-refractivity contribution < 1.29 is 18.0 Å². The van der Waals surface area contributed by atoms with Crippen molar-refractivity contribution in [1.29, 1.82) is 0 Å². The number of carbonyl (C=O) groups is 2. The number of hydrogen-bond acceptors (Lipinski definition) is 4. The molecular weight excluding hydrogens is 698 g/mol. The molecule has 7 nitrogen and oxygen atoms in total. The number of carbonyl (C=O) groups excluding carboxylic acids is 2. The van der Waals surface area contributed by atoms with Gasteiger partial charge in [-0.25, -0.2) is 8.42 Å². The first-order valence-electron chi connectivity index (χ1n) is 15.8. The Morgan fingerprint density at radius 2 is 1.53 bits per heavy atom. The number of aryl methyl sites for hydroxylation is 1. The Labute approximate surface area is 291 Å². The zero-order valence-electron chi connectivity index (χ0n) is 26.3. The van der Waals surface area contributed by atoms with Gasteiger partial charge in [0.15, 0.2) is 0 Å². The van der Waals surface area contributed by atoms with Gasteiger partial charge in [0.2, 0.25) is 11.8 Å². The Kier molecular flexibility index (Phi) is 11.8. The highest BCUT2D eigenvalue weighted by Crippen LogP contribution is 2.29. The minimum Gasteiger partial charge on any atom is -0.352 e. The molecule has 4 aromatic carbocycles. The second-order valence-corrected chi connectivity index (χ2v) is 15.1. The van der Waals surface area contributed by atoms with Gasteiger partial charge in [0.05, 0.1) is 10.6 Å². The highest BCUT2D eigenvalue weighted by Gasteiger charge is 2.35.